The predicted molar refractivity (Wildman–Crippen MR) is 136 cm³/mol. The van der Waals surface area contributed by atoms with Crippen molar-refractivity contribution in [2.24, 2.45) is 10.2 Å². The fourth-order valence-corrected chi connectivity index (χ4v) is 4.52. The Balaban J connectivity index is 1.37. The molecule has 0 radical (unpaired) electrons. The standard InChI is InChI=1S/C21H24Cl2N10O4/c22-18-4-2-16(12-24-18)14-30-10-8-28(20(30)26-32(34)35)6-1-7-29-9-11-31(21(29)27-33(36)37)15-17-3-5-19(23)25-13-17/h2-5,12-13H,1,6-11,14-15H2/b26-20-,27-21+. The van der Waals surface area contributed by atoms with E-state index in [1.807, 2.05) is 31.7 Å². The van der Waals surface area contributed by atoms with E-state index in [9.17, 15) is 20.2 Å². The summed E-state index contributed by atoms with van der Waals surface area (Å²) in [5.41, 5.74) is 1.71. The highest BCUT2D eigenvalue weighted by Gasteiger charge is 2.32. The van der Waals surface area contributed by atoms with E-state index in [1.54, 1.807) is 24.5 Å². The minimum absolute atomic E-state index is 0.275. The van der Waals surface area contributed by atoms with Gasteiger partial charge in [-0.05, 0) is 29.7 Å². The van der Waals surface area contributed by atoms with Gasteiger partial charge in [-0.2, -0.15) is 0 Å². The van der Waals surface area contributed by atoms with Gasteiger partial charge in [0.05, 0.1) is 0 Å². The van der Waals surface area contributed by atoms with Crippen LogP contribution in [0.3, 0.4) is 0 Å². The van der Waals surface area contributed by atoms with Crippen LogP contribution in [0.1, 0.15) is 17.5 Å². The number of rotatable bonds is 10. The Labute approximate surface area is 222 Å². The highest BCUT2D eigenvalue weighted by molar-refractivity contribution is 6.29. The van der Waals surface area contributed by atoms with Crippen molar-refractivity contribution in [3.63, 3.8) is 0 Å². The molecule has 2 aliphatic rings. The second-order valence-electron chi connectivity index (χ2n) is 8.42. The maximum atomic E-state index is 11.2. The molecule has 0 atom stereocenters. The van der Waals surface area contributed by atoms with Crippen LogP contribution in [0.15, 0.2) is 46.9 Å². The average molecular weight is 551 g/mol. The molecule has 0 spiro atoms. The lowest BCUT2D eigenvalue weighted by atomic mass is 10.3. The van der Waals surface area contributed by atoms with E-state index in [-0.39, 0.29) is 11.9 Å². The van der Waals surface area contributed by atoms with Crippen LogP contribution in [-0.4, -0.2) is 90.8 Å². The fraction of sp³-hybridized carbons (Fsp3) is 0.429. The lowest BCUT2D eigenvalue weighted by Gasteiger charge is -2.23. The van der Waals surface area contributed by atoms with Crippen molar-refractivity contribution >= 4 is 35.1 Å². The van der Waals surface area contributed by atoms with E-state index in [2.05, 4.69) is 20.2 Å². The quantitative estimate of drug-likeness (QED) is 0.244. The van der Waals surface area contributed by atoms with Gasteiger partial charge in [-0.3, -0.25) is 0 Å². The average Bonchev–Trinajstić information content (AvgIpc) is 3.40. The zero-order valence-electron chi connectivity index (χ0n) is 19.7. The molecule has 2 aliphatic heterocycles. The Morgan fingerprint density at radius 2 is 1.14 bits per heavy atom. The molecule has 0 unspecified atom stereocenters. The molecule has 0 saturated carbocycles. The van der Waals surface area contributed by atoms with Gasteiger partial charge in [0.2, 0.25) is 0 Å². The van der Waals surface area contributed by atoms with Crippen LogP contribution < -0.4 is 0 Å². The van der Waals surface area contributed by atoms with E-state index in [0.29, 0.717) is 69.1 Å². The number of nitrogens with zero attached hydrogens (tertiary/aromatic N) is 10. The van der Waals surface area contributed by atoms with Gasteiger partial charge < -0.3 is 19.6 Å². The summed E-state index contributed by atoms with van der Waals surface area (Å²) < 4.78 is 0. The molecule has 16 heteroatoms. The second-order valence-corrected chi connectivity index (χ2v) is 9.20. The van der Waals surface area contributed by atoms with E-state index < -0.39 is 10.1 Å². The zero-order valence-corrected chi connectivity index (χ0v) is 21.2. The third-order valence-corrected chi connectivity index (χ3v) is 6.38. The number of hydrogen-bond donors (Lipinski definition) is 0. The molecular weight excluding hydrogens is 527 g/mol. The SMILES string of the molecule is O=[N+]([O-])/N=C1/N(CCCN2CCN(Cc3ccc(Cl)nc3)/C2=N/[N+](=O)[O-])CCN1Cc1ccc(Cl)nc1. The van der Waals surface area contributed by atoms with E-state index in [1.165, 1.54) is 0 Å². The molecule has 4 rings (SSSR count). The topological polar surface area (TPSA) is 150 Å². The lowest BCUT2D eigenvalue weighted by molar-refractivity contribution is -0.486. The van der Waals surface area contributed by atoms with Crippen LogP contribution in [0.2, 0.25) is 10.3 Å². The Morgan fingerprint density at radius 1 is 0.730 bits per heavy atom. The van der Waals surface area contributed by atoms with Crippen molar-refractivity contribution in [2.45, 2.75) is 19.5 Å². The van der Waals surface area contributed by atoms with Crippen molar-refractivity contribution in [1.82, 2.24) is 29.6 Å². The van der Waals surface area contributed by atoms with Gasteiger partial charge >= 0.3 is 0 Å². The van der Waals surface area contributed by atoms with E-state index in [0.717, 1.165) is 11.1 Å². The van der Waals surface area contributed by atoms with Crippen molar-refractivity contribution < 1.29 is 10.1 Å². The molecule has 0 aliphatic carbocycles. The number of hydrogen-bond acceptors (Lipinski definition) is 6. The summed E-state index contributed by atoms with van der Waals surface area (Å²) in [7, 11) is 0. The fourth-order valence-electron chi connectivity index (χ4n) is 4.30. The molecule has 37 heavy (non-hydrogen) atoms. The summed E-state index contributed by atoms with van der Waals surface area (Å²) in [6.45, 7) is 4.07. The number of pyridine rings is 2. The van der Waals surface area contributed by atoms with Crippen LogP contribution in [0.4, 0.5) is 0 Å². The Hall–Kier alpha value is -3.78. The maximum Gasteiger partial charge on any atom is 0.274 e. The molecule has 2 aromatic heterocycles. The molecule has 0 aromatic carbocycles. The second kappa shape index (κ2) is 12.0. The smallest absolute Gasteiger partial charge is 0.274 e. The summed E-state index contributed by atoms with van der Waals surface area (Å²) in [6, 6.07) is 6.97. The van der Waals surface area contributed by atoms with Gasteiger partial charge in [-0.15, -0.1) is 0 Å². The largest absolute Gasteiger partial charge is 0.336 e. The molecular formula is C21H24Cl2N10O4. The van der Waals surface area contributed by atoms with Gasteiger partial charge in [0, 0.05) is 64.8 Å². The highest BCUT2D eigenvalue weighted by atomic mass is 35.5. The summed E-state index contributed by atoms with van der Waals surface area (Å²) in [5, 5.41) is 29.0. The Morgan fingerprint density at radius 3 is 1.49 bits per heavy atom. The van der Waals surface area contributed by atoms with Crippen molar-refractivity contribution in [3.8, 4) is 0 Å². The van der Waals surface area contributed by atoms with Crippen LogP contribution in [-0.2, 0) is 13.1 Å². The summed E-state index contributed by atoms with van der Waals surface area (Å²) in [4.78, 5) is 37.9. The van der Waals surface area contributed by atoms with E-state index in [4.69, 9.17) is 23.2 Å². The number of guanidine groups is 2. The van der Waals surface area contributed by atoms with Gasteiger partial charge in [-0.25, -0.2) is 30.2 Å². The van der Waals surface area contributed by atoms with Gasteiger partial charge in [0.1, 0.15) is 20.5 Å². The molecule has 4 heterocycles. The number of hydrazone groups is 2. The third-order valence-electron chi connectivity index (χ3n) is 5.93. The van der Waals surface area contributed by atoms with Crippen molar-refractivity contribution in [3.05, 3.63) is 78.3 Å². The number of halogens is 2. The molecule has 2 aromatic rings. The molecule has 0 amide bonds. The third kappa shape index (κ3) is 7.13. The van der Waals surface area contributed by atoms with Crippen molar-refractivity contribution in [2.75, 3.05) is 39.3 Å². The van der Waals surface area contributed by atoms with Gasteiger partial charge in [0.25, 0.3) is 11.9 Å². The number of nitro groups is 2. The van der Waals surface area contributed by atoms with Gasteiger partial charge in [0.15, 0.2) is 10.1 Å². The minimum Gasteiger partial charge on any atom is -0.336 e. The lowest BCUT2D eigenvalue weighted by Crippen LogP contribution is -2.38. The summed E-state index contributed by atoms with van der Waals surface area (Å²) in [6.07, 6.45) is 3.86. The summed E-state index contributed by atoms with van der Waals surface area (Å²) in [5.74, 6) is 0.551. The first-order valence-corrected chi connectivity index (χ1v) is 12.2. The van der Waals surface area contributed by atoms with Crippen LogP contribution >= 0.6 is 23.2 Å². The van der Waals surface area contributed by atoms with Gasteiger partial charge in [-0.1, -0.05) is 35.3 Å². The number of aromatic nitrogens is 2. The highest BCUT2D eigenvalue weighted by Crippen LogP contribution is 2.18. The minimum atomic E-state index is -0.702. The zero-order chi connectivity index (χ0) is 26.4. The Bertz CT molecular complexity index is 1090. The molecule has 14 nitrogen and oxygen atoms in total. The predicted octanol–water partition coefficient (Wildman–Crippen LogP) is 2.20. The summed E-state index contributed by atoms with van der Waals surface area (Å²) >= 11 is 11.7. The monoisotopic (exact) mass is 550 g/mol. The molecule has 0 bridgehead atoms. The Kier molecular flexibility index (Phi) is 8.50. The normalized spacial score (nSPS) is 17.9. The molecule has 2 saturated heterocycles. The van der Waals surface area contributed by atoms with E-state index >= 15 is 0 Å². The van der Waals surface area contributed by atoms with Crippen LogP contribution in [0.25, 0.3) is 0 Å². The first-order chi connectivity index (χ1) is 17.8. The van der Waals surface area contributed by atoms with Crippen LogP contribution in [0, 0.1) is 20.2 Å². The first kappa shape index (κ1) is 26.3. The molecule has 2 fully saturated rings. The first-order valence-electron chi connectivity index (χ1n) is 11.4. The van der Waals surface area contributed by atoms with Crippen LogP contribution in [0.5, 0.6) is 0 Å². The van der Waals surface area contributed by atoms with Crippen molar-refractivity contribution in [1.29, 1.82) is 0 Å². The maximum absolute atomic E-state index is 11.2. The molecule has 196 valence electrons. The molecule has 0 N–H and O–H groups in total.